The molecule has 44 heavy (non-hydrogen) atoms. The number of carbonyl (C=O) groups is 1. The van der Waals surface area contributed by atoms with Gasteiger partial charge in [0.1, 0.15) is 25.6 Å². The highest BCUT2D eigenvalue weighted by Crippen LogP contribution is 2.34. The van der Waals surface area contributed by atoms with Crippen LogP contribution in [0.5, 0.6) is 17.2 Å². The Kier molecular flexibility index (Phi) is 14.6. The standard InChI is InChI=1S/C32H41N3O9/c1-4-40-22-26(23-43-30-15-10-12-27-32(30)25(2)11-6-5-9-16-33-27)21-34(31(36)24-41-19-20-44-35(37)38)17-18-42-29-14-8-7-13-28(29)39-3/h5-15,26,33H,2,4,16-24H2,1,3H3/b9-5-,11-6-. The maximum absolute atomic E-state index is 13.3. The zero-order chi connectivity index (χ0) is 31.6. The van der Waals surface area contributed by atoms with E-state index in [0.29, 0.717) is 43.6 Å². The van der Waals surface area contributed by atoms with Crippen LogP contribution in [0, 0.1) is 16.0 Å². The Labute approximate surface area is 257 Å². The highest BCUT2D eigenvalue weighted by molar-refractivity contribution is 5.85. The number of benzene rings is 2. The monoisotopic (exact) mass is 611 g/mol. The van der Waals surface area contributed by atoms with E-state index in [0.717, 1.165) is 16.8 Å². The molecular formula is C32H41N3O9. The van der Waals surface area contributed by atoms with Crippen molar-refractivity contribution in [2.45, 2.75) is 6.92 Å². The number of nitrogens with one attached hydrogen (secondary N) is 1. The van der Waals surface area contributed by atoms with Gasteiger partial charge in [-0.1, -0.05) is 49.1 Å². The fourth-order valence-electron chi connectivity index (χ4n) is 4.40. The van der Waals surface area contributed by atoms with E-state index < -0.39 is 5.09 Å². The lowest BCUT2D eigenvalue weighted by Gasteiger charge is -2.28. The van der Waals surface area contributed by atoms with Crippen LogP contribution in [0.25, 0.3) is 5.57 Å². The lowest BCUT2D eigenvalue weighted by atomic mass is 10.0. The topological polar surface area (TPSA) is 131 Å². The van der Waals surface area contributed by atoms with E-state index in [1.807, 2.05) is 61.6 Å². The number of allylic oxidation sites excluding steroid dienone is 4. The quantitative estimate of drug-likeness (QED) is 0.138. The van der Waals surface area contributed by atoms with Crippen molar-refractivity contribution in [1.82, 2.24) is 4.90 Å². The first-order valence-corrected chi connectivity index (χ1v) is 14.4. The van der Waals surface area contributed by atoms with E-state index >= 15 is 0 Å². The van der Waals surface area contributed by atoms with E-state index in [-0.39, 0.29) is 51.4 Å². The zero-order valence-electron chi connectivity index (χ0n) is 25.3. The molecule has 1 aliphatic heterocycles. The van der Waals surface area contributed by atoms with Gasteiger partial charge in [0.25, 0.3) is 5.09 Å². The highest BCUT2D eigenvalue weighted by atomic mass is 17.0. The largest absolute Gasteiger partial charge is 0.493 e. The minimum atomic E-state index is -0.904. The maximum Gasteiger partial charge on any atom is 0.294 e. The Morgan fingerprint density at radius 1 is 1.02 bits per heavy atom. The summed E-state index contributed by atoms with van der Waals surface area (Å²) in [5.74, 6) is 1.29. The van der Waals surface area contributed by atoms with Crippen molar-refractivity contribution in [2.75, 3.05) is 78.3 Å². The molecule has 1 N–H and O–H groups in total. The number of amides is 1. The van der Waals surface area contributed by atoms with Crippen LogP contribution < -0.4 is 19.5 Å². The number of fused-ring (bicyclic) bond motifs is 1. The van der Waals surface area contributed by atoms with Crippen LogP contribution in [0.2, 0.25) is 0 Å². The van der Waals surface area contributed by atoms with Crippen molar-refractivity contribution < 1.29 is 38.4 Å². The van der Waals surface area contributed by atoms with Gasteiger partial charge in [0.15, 0.2) is 11.5 Å². The van der Waals surface area contributed by atoms with Crippen LogP contribution in [0.1, 0.15) is 12.5 Å². The minimum absolute atomic E-state index is 0.106. The number of methoxy groups -OCH3 is 1. The molecule has 12 heteroatoms. The van der Waals surface area contributed by atoms with Gasteiger partial charge in [-0.2, -0.15) is 0 Å². The van der Waals surface area contributed by atoms with E-state index in [9.17, 15) is 14.9 Å². The SMILES string of the molecule is C=C1/C=C\C=C/CNc2cccc(OCC(COCC)CN(CCOc3ccccc3OC)C(=O)COCCO[N+](=O)[O-])c21. The number of para-hydroxylation sites is 2. The minimum Gasteiger partial charge on any atom is -0.493 e. The molecule has 12 nitrogen and oxygen atoms in total. The van der Waals surface area contributed by atoms with Crippen molar-refractivity contribution in [1.29, 1.82) is 0 Å². The van der Waals surface area contributed by atoms with Crippen molar-refractivity contribution in [3.8, 4) is 17.2 Å². The first-order valence-electron chi connectivity index (χ1n) is 14.4. The summed E-state index contributed by atoms with van der Waals surface area (Å²) in [5.41, 5.74) is 2.58. The van der Waals surface area contributed by atoms with Gasteiger partial charge in [-0.25, -0.2) is 0 Å². The van der Waals surface area contributed by atoms with Crippen molar-refractivity contribution in [2.24, 2.45) is 5.92 Å². The first-order chi connectivity index (χ1) is 21.4. The van der Waals surface area contributed by atoms with Crippen LogP contribution in [-0.2, 0) is 19.1 Å². The fraction of sp³-hybridized carbons (Fsp3) is 0.406. The normalized spacial score (nSPS) is 14.5. The Bertz CT molecular complexity index is 1280. The van der Waals surface area contributed by atoms with Crippen LogP contribution in [0.4, 0.5) is 5.69 Å². The summed E-state index contributed by atoms with van der Waals surface area (Å²) in [6.45, 7) is 7.98. The molecule has 2 aromatic carbocycles. The van der Waals surface area contributed by atoms with Crippen LogP contribution in [0.3, 0.4) is 0 Å². The second-order valence-electron chi connectivity index (χ2n) is 9.66. The Morgan fingerprint density at radius 3 is 2.59 bits per heavy atom. The average Bonchev–Trinajstić information content (AvgIpc) is 3.11. The summed E-state index contributed by atoms with van der Waals surface area (Å²) in [4.78, 5) is 29.5. The molecule has 238 valence electrons. The molecule has 3 rings (SSSR count). The molecule has 0 bridgehead atoms. The third-order valence-electron chi connectivity index (χ3n) is 6.50. The molecule has 1 aliphatic rings. The predicted octanol–water partition coefficient (Wildman–Crippen LogP) is 4.41. The van der Waals surface area contributed by atoms with Gasteiger partial charge >= 0.3 is 0 Å². The number of hydrogen-bond donors (Lipinski definition) is 1. The molecular weight excluding hydrogens is 570 g/mol. The third-order valence-corrected chi connectivity index (χ3v) is 6.50. The molecule has 0 saturated heterocycles. The molecule has 0 saturated carbocycles. The van der Waals surface area contributed by atoms with Gasteiger partial charge < -0.3 is 38.7 Å². The summed E-state index contributed by atoms with van der Waals surface area (Å²) < 4.78 is 28.8. The number of nitrogens with zero attached hydrogens (tertiary/aromatic N) is 2. The number of anilines is 1. The first kappa shape index (κ1) is 33.9. The highest BCUT2D eigenvalue weighted by Gasteiger charge is 2.22. The molecule has 1 atom stereocenters. The second kappa shape index (κ2) is 18.9. The molecule has 0 radical (unpaired) electrons. The number of ether oxygens (including phenoxy) is 5. The Balaban J connectivity index is 1.72. The number of rotatable bonds is 19. The van der Waals surface area contributed by atoms with Gasteiger partial charge in [0, 0.05) is 36.9 Å². The van der Waals surface area contributed by atoms with E-state index in [2.05, 4.69) is 16.7 Å². The lowest BCUT2D eigenvalue weighted by Crippen LogP contribution is -2.42. The molecule has 0 spiro atoms. The Hall–Kier alpha value is -4.55. The molecule has 0 aromatic heterocycles. The maximum atomic E-state index is 13.3. The van der Waals surface area contributed by atoms with Crippen LogP contribution in [0.15, 0.2) is 73.3 Å². The third kappa shape index (κ3) is 11.3. The molecule has 1 heterocycles. The molecule has 1 unspecified atom stereocenters. The summed E-state index contributed by atoms with van der Waals surface area (Å²) in [6.07, 6.45) is 7.86. The van der Waals surface area contributed by atoms with Gasteiger partial charge in [0.05, 0.1) is 33.5 Å². The molecule has 0 fully saturated rings. The fourth-order valence-corrected chi connectivity index (χ4v) is 4.40. The summed E-state index contributed by atoms with van der Waals surface area (Å²) in [5, 5.41) is 12.9. The predicted molar refractivity (Wildman–Crippen MR) is 167 cm³/mol. The van der Waals surface area contributed by atoms with E-state index in [1.54, 1.807) is 24.1 Å². The van der Waals surface area contributed by atoms with Gasteiger partial charge in [-0.3, -0.25) is 4.79 Å². The molecule has 1 amide bonds. The van der Waals surface area contributed by atoms with Crippen LogP contribution in [-0.4, -0.2) is 88.9 Å². The lowest BCUT2D eigenvalue weighted by molar-refractivity contribution is -0.758. The Morgan fingerprint density at radius 2 is 1.82 bits per heavy atom. The summed E-state index contributed by atoms with van der Waals surface area (Å²) in [7, 11) is 1.56. The number of hydrogen-bond acceptors (Lipinski definition) is 10. The van der Waals surface area contributed by atoms with Crippen molar-refractivity contribution in [3.05, 3.63) is 89.0 Å². The smallest absolute Gasteiger partial charge is 0.294 e. The van der Waals surface area contributed by atoms with Crippen molar-refractivity contribution >= 4 is 17.2 Å². The van der Waals surface area contributed by atoms with E-state index in [4.69, 9.17) is 23.7 Å². The van der Waals surface area contributed by atoms with Crippen LogP contribution >= 0.6 is 0 Å². The second-order valence-corrected chi connectivity index (χ2v) is 9.66. The zero-order valence-corrected chi connectivity index (χ0v) is 25.3. The van der Waals surface area contributed by atoms with Crippen molar-refractivity contribution in [3.63, 3.8) is 0 Å². The molecule has 2 aromatic rings. The number of carbonyl (C=O) groups excluding carboxylic acids is 1. The molecule has 0 aliphatic carbocycles. The van der Waals surface area contributed by atoms with Gasteiger partial charge in [-0.15, -0.1) is 10.1 Å². The summed E-state index contributed by atoms with van der Waals surface area (Å²) >= 11 is 0. The average molecular weight is 612 g/mol. The summed E-state index contributed by atoms with van der Waals surface area (Å²) in [6, 6.07) is 13.1. The van der Waals surface area contributed by atoms with Gasteiger partial charge in [0.2, 0.25) is 5.91 Å². The van der Waals surface area contributed by atoms with E-state index in [1.165, 1.54) is 0 Å². The van der Waals surface area contributed by atoms with Gasteiger partial charge in [-0.05, 0) is 36.8 Å².